The number of aliphatic hydroxyl groups is 2. The van der Waals surface area contributed by atoms with Crippen LogP contribution in [-0.4, -0.2) is 44.4 Å². The quantitative estimate of drug-likeness (QED) is 0.374. The zero-order valence-electron chi connectivity index (χ0n) is 19.6. The number of nitrogens with zero attached hydrogens (tertiary/aromatic N) is 2. The van der Waals surface area contributed by atoms with E-state index in [4.69, 9.17) is 10.5 Å². The smallest absolute Gasteiger partial charge is 0.276 e. The zero-order chi connectivity index (χ0) is 26.3. The third-order valence-electron chi connectivity index (χ3n) is 6.36. The number of anilines is 2. The predicted octanol–water partition coefficient (Wildman–Crippen LogP) is 3.78. The number of nitrogens with two attached hydrogens (primary N) is 1. The Kier molecular flexibility index (Phi) is 6.45. The van der Waals surface area contributed by atoms with Gasteiger partial charge in [0.2, 0.25) is 0 Å². The number of carbonyl (C=O) groups excluding carboxylic acids is 1. The Morgan fingerprint density at radius 2 is 2.00 bits per heavy atom. The fourth-order valence-electron chi connectivity index (χ4n) is 4.32. The minimum absolute atomic E-state index is 0.0161. The summed E-state index contributed by atoms with van der Waals surface area (Å²) >= 11 is 0. The first kappa shape index (κ1) is 24.5. The van der Waals surface area contributed by atoms with Crippen LogP contribution >= 0.6 is 0 Å². The summed E-state index contributed by atoms with van der Waals surface area (Å²) in [6, 6.07) is 7.01. The number of benzene rings is 1. The maximum Gasteiger partial charge on any atom is 0.276 e. The van der Waals surface area contributed by atoms with Crippen LogP contribution in [0.15, 0.2) is 61.5 Å². The molecule has 2 aromatic heterocycles. The third kappa shape index (κ3) is 4.68. The average Bonchev–Trinajstić information content (AvgIpc) is 3.72. The summed E-state index contributed by atoms with van der Waals surface area (Å²) in [6.07, 6.45) is 3.85. The molecular formula is C27H24F2N4O4. The van der Waals surface area contributed by atoms with Crippen LogP contribution in [0.3, 0.4) is 0 Å². The van der Waals surface area contributed by atoms with Crippen molar-refractivity contribution in [2.24, 2.45) is 0 Å². The van der Waals surface area contributed by atoms with Gasteiger partial charge < -0.3 is 26.0 Å². The fraction of sp³-hybridized carbons (Fsp3) is 0.222. The Balaban J connectivity index is 1.50. The van der Waals surface area contributed by atoms with E-state index in [9.17, 15) is 23.8 Å². The van der Waals surface area contributed by atoms with Gasteiger partial charge in [0.15, 0.2) is 11.5 Å². The van der Waals surface area contributed by atoms with E-state index >= 15 is 0 Å². The lowest BCUT2D eigenvalue weighted by atomic mass is 9.98. The zero-order valence-corrected chi connectivity index (χ0v) is 19.6. The Bertz CT molecular complexity index is 1420. The molecule has 5 rings (SSSR count). The third-order valence-corrected chi connectivity index (χ3v) is 6.36. The van der Waals surface area contributed by atoms with Gasteiger partial charge in [-0.2, -0.15) is 0 Å². The highest BCUT2D eigenvalue weighted by atomic mass is 19.1. The first-order valence-electron chi connectivity index (χ1n) is 11.7. The number of hydrogen-bond donors (Lipinski definition) is 4. The van der Waals surface area contributed by atoms with Crippen molar-refractivity contribution < 1.29 is 28.5 Å². The number of hydrogen-bond acceptors (Lipinski definition) is 7. The minimum atomic E-state index is -1.23. The molecule has 8 nitrogen and oxygen atoms in total. The number of nitrogen functional groups attached to an aromatic ring is 1. The van der Waals surface area contributed by atoms with E-state index < -0.39 is 35.9 Å². The van der Waals surface area contributed by atoms with Crippen LogP contribution in [0.2, 0.25) is 0 Å². The molecule has 0 bridgehead atoms. The highest BCUT2D eigenvalue weighted by Gasteiger charge is 2.32. The number of aromatic nitrogens is 2. The lowest BCUT2D eigenvalue weighted by molar-refractivity contribution is -0.0339. The Hall–Kier alpha value is -4.15. The molecular weight excluding hydrogens is 482 g/mol. The lowest BCUT2D eigenvalue weighted by Gasteiger charge is -2.30. The van der Waals surface area contributed by atoms with Gasteiger partial charge in [0, 0.05) is 23.4 Å². The number of ether oxygens (including phenoxy) is 1. The van der Waals surface area contributed by atoms with Crippen molar-refractivity contribution in [3.8, 4) is 11.3 Å². The molecule has 3 atom stereocenters. The molecule has 10 heteroatoms. The largest absolute Gasteiger partial charge is 0.483 e. The maximum atomic E-state index is 15.0. The van der Waals surface area contributed by atoms with Gasteiger partial charge in [-0.25, -0.2) is 13.8 Å². The Morgan fingerprint density at radius 1 is 1.22 bits per heavy atom. The number of rotatable bonds is 6. The van der Waals surface area contributed by atoms with E-state index in [0.29, 0.717) is 11.1 Å². The second kappa shape index (κ2) is 9.72. The van der Waals surface area contributed by atoms with Gasteiger partial charge in [0.1, 0.15) is 35.6 Å². The van der Waals surface area contributed by atoms with Crippen molar-refractivity contribution in [3.63, 3.8) is 0 Å². The van der Waals surface area contributed by atoms with Crippen LogP contribution in [0.4, 0.5) is 20.2 Å². The van der Waals surface area contributed by atoms with Crippen LogP contribution in [0, 0.1) is 11.6 Å². The summed E-state index contributed by atoms with van der Waals surface area (Å²) in [5, 5.41) is 22.9. The van der Waals surface area contributed by atoms with Gasteiger partial charge in [-0.05, 0) is 48.6 Å². The molecule has 0 spiro atoms. The van der Waals surface area contributed by atoms with Gasteiger partial charge in [-0.15, -0.1) is 0 Å². The summed E-state index contributed by atoms with van der Waals surface area (Å²) in [5.74, 6) is -1.97. The van der Waals surface area contributed by atoms with E-state index in [2.05, 4.69) is 21.9 Å². The Morgan fingerprint density at radius 3 is 2.73 bits per heavy atom. The molecule has 0 radical (unpaired) electrons. The molecule has 1 aromatic carbocycles. The SMILES string of the molecule is C=C[C@H]1OC(c2ccncc2NC(=O)c2nc(-c3c(F)cccc3C3CC3)c(F)cc2N)=C[C@@H](O)[C@@H]1O. The lowest BCUT2D eigenvalue weighted by Crippen LogP contribution is -2.40. The van der Waals surface area contributed by atoms with Crippen molar-refractivity contribution in [3.05, 3.63) is 89.9 Å². The number of amides is 1. The summed E-state index contributed by atoms with van der Waals surface area (Å²) in [6.45, 7) is 3.60. The van der Waals surface area contributed by atoms with Crippen LogP contribution < -0.4 is 11.1 Å². The first-order valence-corrected chi connectivity index (χ1v) is 11.7. The predicted molar refractivity (Wildman–Crippen MR) is 133 cm³/mol. The molecule has 1 amide bonds. The normalized spacial score (nSPS) is 21.1. The van der Waals surface area contributed by atoms with Crippen LogP contribution in [-0.2, 0) is 4.74 Å². The van der Waals surface area contributed by atoms with E-state index in [1.807, 2.05) is 0 Å². The van der Waals surface area contributed by atoms with Crippen LogP contribution in [0.1, 0.15) is 40.4 Å². The molecule has 1 fully saturated rings. The molecule has 1 aliphatic carbocycles. The summed E-state index contributed by atoms with van der Waals surface area (Å²) in [7, 11) is 0. The van der Waals surface area contributed by atoms with Crippen molar-refractivity contribution >= 4 is 23.0 Å². The van der Waals surface area contributed by atoms with E-state index in [0.717, 1.165) is 18.9 Å². The van der Waals surface area contributed by atoms with Gasteiger partial charge in [-0.3, -0.25) is 9.78 Å². The molecule has 0 unspecified atom stereocenters. The molecule has 1 aliphatic heterocycles. The average molecular weight is 507 g/mol. The van der Waals surface area contributed by atoms with Gasteiger partial charge in [-0.1, -0.05) is 18.7 Å². The summed E-state index contributed by atoms with van der Waals surface area (Å²) in [4.78, 5) is 21.4. The fourth-order valence-corrected chi connectivity index (χ4v) is 4.32. The van der Waals surface area contributed by atoms with Crippen molar-refractivity contribution in [1.29, 1.82) is 0 Å². The molecule has 3 heterocycles. The second-order valence-electron chi connectivity index (χ2n) is 8.94. The molecule has 2 aliphatic rings. The second-order valence-corrected chi connectivity index (χ2v) is 8.94. The van der Waals surface area contributed by atoms with Crippen molar-refractivity contribution in [2.75, 3.05) is 11.1 Å². The molecule has 37 heavy (non-hydrogen) atoms. The summed E-state index contributed by atoms with van der Waals surface area (Å²) < 4.78 is 35.5. The highest BCUT2D eigenvalue weighted by Crippen LogP contribution is 2.45. The Labute approximate surface area is 211 Å². The number of aliphatic hydroxyl groups excluding tert-OH is 2. The number of pyridine rings is 2. The van der Waals surface area contributed by atoms with Gasteiger partial charge in [0.25, 0.3) is 5.91 Å². The van der Waals surface area contributed by atoms with E-state index in [1.54, 1.807) is 18.2 Å². The number of nitrogens with one attached hydrogen (secondary N) is 1. The minimum Gasteiger partial charge on any atom is -0.483 e. The molecule has 5 N–H and O–H groups in total. The van der Waals surface area contributed by atoms with Crippen molar-refractivity contribution in [1.82, 2.24) is 9.97 Å². The molecule has 190 valence electrons. The van der Waals surface area contributed by atoms with Crippen LogP contribution in [0.25, 0.3) is 17.0 Å². The summed E-state index contributed by atoms with van der Waals surface area (Å²) in [5.41, 5.74) is 6.31. The first-order chi connectivity index (χ1) is 17.8. The monoisotopic (exact) mass is 506 g/mol. The number of carbonyl (C=O) groups is 1. The van der Waals surface area contributed by atoms with Gasteiger partial charge in [0.05, 0.1) is 17.6 Å². The molecule has 0 saturated heterocycles. The van der Waals surface area contributed by atoms with E-state index in [1.165, 1.54) is 30.6 Å². The van der Waals surface area contributed by atoms with E-state index in [-0.39, 0.29) is 40.0 Å². The van der Waals surface area contributed by atoms with Crippen molar-refractivity contribution in [2.45, 2.75) is 37.1 Å². The van der Waals surface area contributed by atoms with Gasteiger partial charge >= 0.3 is 0 Å². The standard InChI is InChI=1S/C27H24F2N4O4/c1-2-21-26(35)20(34)11-22(37-21)15-8-9-31-12-19(15)32-27(36)25-18(30)10-17(29)24(33-25)23-14(13-6-7-13)4-3-5-16(23)28/h2-5,8-13,20-21,26,34-35H,1,6-7,30H2,(H,32,36)/t20-,21-,26+/m1/s1. The molecule has 3 aromatic rings. The number of halogens is 2. The molecule has 1 saturated carbocycles. The van der Waals surface area contributed by atoms with Crippen LogP contribution in [0.5, 0.6) is 0 Å². The maximum absolute atomic E-state index is 15.0. The topological polar surface area (TPSA) is 131 Å². The highest BCUT2D eigenvalue weighted by molar-refractivity contribution is 6.07.